The molecule has 6 nitrogen and oxygen atoms in total. The van der Waals surface area contributed by atoms with Gasteiger partial charge in [0.1, 0.15) is 17.3 Å². The van der Waals surface area contributed by atoms with Crippen LogP contribution in [0.4, 0.5) is 0 Å². The third-order valence-electron chi connectivity index (χ3n) is 4.43. The summed E-state index contributed by atoms with van der Waals surface area (Å²) in [5.74, 6) is -1.06. The van der Waals surface area contributed by atoms with Crippen LogP contribution in [0.5, 0.6) is 11.5 Å². The highest BCUT2D eigenvalue weighted by molar-refractivity contribution is 6.30. The molecular formula is C19H13NO5. The molecule has 2 N–H and O–H groups in total. The van der Waals surface area contributed by atoms with Crippen molar-refractivity contribution in [1.29, 1.82) is 0 Å². The Bertz CT molecular complexity index is 1060. The van der Waals surface area contributed by atoms with Gasteiger partial charge in [-0.15, -0.1) is 0 Å². The molecule has 0 atom stereocenters. The third-order valence-corrected chi connectivity index (χ3v) is 4.43. The lowest BCUT2D eigenvalue weighted by atomic mass is 9.81. The Morgan fingerprint density at radius 3 is 2.28 bits per heavy atom. The fourth-order valence-electron chi connectivity index (χ4n) is 3.32. The van der Waals surface area contributed by atoms with Crippen LogP contribution >= 0.6 is 0 Å². The number of fused-ring (bicyclic) bond motifs is 2. The van der Waals surface area contributed by atoms with E-state index in [1.807, 2.05) is 0 Å². The fraction of sp³-hybridized carbons (Fsp3) is 0.105. The molecule has 0 unspecified atom stereocenters. The Balaban J connectivity index is 2.00. The van der Waals surface area contributed by atoms with Crippen LogP contribution in [0.1, 0.15) is 43.3 Å². The van der Waals surface area contributed by atoms with Crippen molar-refractivity contribution in [2.45, 2.75) is 13.8 Å². The minimum Gasteiger partial charge on any atom is -0.507 e. The molecule has 1 aliphatic carbocycles. The lowest BCUT2D eigenvalue weighted by Crippen LogP contribution is -2.21. The SMILES string of the molecule is Cc1noc(C)c1-c1cc(O)c2c(c1)C(=O)c1cccc(O)c1C2=O. The smallest absolute Gasteiger partial charge is 0.201 e. The average molecular weight is 335 g/mol. The normalized spacial score (nSPS) is 12.9. The molecular weight excluding hydrogens is 322 g/mol. The average Bonchev–Trinajstić information content (AvgIpc) is 2.90. The first-order chi connectivity index (χ1) is 11.9. The van der Waals surface area contributed by atoms with Gasteiger partial charge in [0, 0.05) is 16.7 Å². The molecule has 0 saturated carbocycles. The number of carbonyl (C=O) groups is 2. The molecule has 25 heavy (non-hydrogen) atoms. The van der Waals surface area contributed by atoms with Crippen molar-refractivity contribution in [3.8, 4) is 22.6 Å². The van der Waals surface area contributed by atoms with E-state index in [1.54, 1.807) is 19.9 Å². The molecule has 0 aliphatic heterocycles. The number of ketones is 2. The zero-order valence-corrected chi connectivity index (χ0v) is 13.5. The van der Waals surface area contributed by atoms with Crippen molar-refractivity contribution in [2.24, 2.45) is 0 Å². The van der Waals surface area contributed by atoms with Gasteiger partial charge >= 0.3 is 0 Å². The number of phenols is 2. The van der Waals surface area contributed by atoms with Gasteiger partial charge in [-0.25, -0.2) is 0 Å². The number of aromatic nitrogens is 1. The van der Waals surface area contributed by atoms with Crippen molar-refractivity contribution in [3.63, 3.8) is 0 Å². The number of hydrogen-bond donors (Lipinski definition) is 2. The molecule has 4 rings (SSSR count). The van der Waals surface area contributed by atoms with Crippen molar-refractivity contribution >= 4 is 11.6 Å². The lowest BCUT2D eigenvalue weighted by molar-refractivity contribution is 0.0974. The Kier molecular flexibility index (Phi) is 3.05. The van der Waals surface area contributed by atoms with Crippen LogP contribution in [-0.2, 0) is 0 Å². The maximum Gasteiger partial charge on any atom is 0.201 e. The predicted octanol–water partition coefficient (Wildman–Crippen LogP) is 3.15. The van der Waals surface area contributed by atoms with E-state index in [2.05, 4.69) is 5.16 Å². The van der Waals surface area contributed by atoms with E-state index in [0.717, 1.165) is 0 Å². The van der Waals surface area contributed by atoms with Gasteiger partial charge in [-0.1, -0.05) is 17.3 Å². The molecule has 1 heterocycles. The van der Waals surface area contributed by atoms with Crippen LogP contribution in [0.3, 0.4) is 0 Å². The molecule has 0 amide bonds. The Labute approximate surface area is 142 Å². The van der Waals surface area contributed by atoms with Crippen LogP contribution in [0.25, 0.3) is 11.1 Å². The quantitative estimate of drug-likeness (QED) is 0.554. The Morgan fingerprint density at radius 2 is 1.60 bits per heavy atom. The summed E-state index contributed by atoms with van der Waals surface area (Å²) in [6.07, 6.45) is 0. The number of benzene rings is 2. The summed E-state index contributed by atoms with van der Waals surface area (Å²) in [7, 11) is 0. The number of hydrogen-bond acceptors (Lipinski definition) is 6. The fourth-order valence-corrected chi connectivity index (χ4v) is 3.32. The van der Waals surface area contributed by atoms with E-state index in [4.69, 9.17) is 4.52 Å². The Morgan fingerprint density at radius 1 is 0.880 bits per heavy atom. The molecule has 1 aromatic heterocycles. The second kappa shape index (κ2) is 5.04. The minimum absolute atomic E-state index is 0.0830. The van der Waals surface area contributed by atoms with E-state index in [-0.39, 0.29) is 33.8 Å². The van der Waals surface area contributed by atoms with E-state index >= 15 is 0 Å². The van der Waals surface area contributed by atoms with Gasteiger partial charge in [-0.2, -0.15) is 0 Å². The molecule has 2 aromatic carbocycles. The predicted molar refractivity (Wildman–Crippen MR) is 88.0 cm³/mol. The lowest BCUT2D eigenvalue weighted by Gasteiger charge is -2.20. The molecule has 124 valence electrons. The number of aromatic hydroxyl groups is 2. The zero-order chi connectivity index (χ0) is 17.9. The summed E-state index contributed by atoms with van der Waals surface area (Å²) in [6, 6.07) is 7.28. The molecule has 0 saturated heterocycles. The summed E-state index contributed by atoms with van der Waals surface area (Å²) >= 11 is 0. The number of rotatable bonds is 1. The maximum atomic E-state index is 12.8. The molecule has 3 aromatic rings. The van der Waals surface area contributed by atoms with Crippen LogP contribution in [-0.4, -0.2) is 26.9 Å². The van der Waals surface area contributed by atoms with Gasteiger partial charge in [-0.05, 0) is 37.6 Å². The molecule has 0 bridgehead atoms. The van der Waals surface area contributed by atoms with Gasteiger partial charge in [0.15, 0.2) is 5.78 Å². The molecule has 0 spiro atoms. The monoisotopic (exact) mass is 335 g/mol. The van der Waals surface area contributed by atoms with E-state index < -0.39 is 11.6 Å². The second-order valence-electron chi connectivity index (χ2n) is 5.98. The molecule has 0 radical (unpaired) electrons. The van der Waals surface area contributed by atoms with Crippen LogP contribution in [0, 0.1) is 13.8 Å². The minimum atomic E-state index is -0.578. The molecule has 6 heteroatoms. The van der Waals surface area contributed by atoms with E-state index in [1.165, 1.54) is 24.3 Å². The van der Waals surface area contributed by atoms with Crippen molar-refractivity contribution in [2.75, 3.05) is 0 Å². The third kappa shape index (κ3) is 2.00. The number of phenolic OH excluding ortho intramolecular Hbond substituents is 2. The first-order valence-corrected chi connectivity index (χ1v) is 7.61. The van der Waals surface area contributed by atoms with Gasteiger partial charge in [0.05, 0.1) is 16.8 Å². The van der Waals surface area contributed by atoms with Crippen LogP contribution in [0.15, 0.2) is 34.9 Å². The second-order valence-corrected chi connectivity index (χ2v) is 5.98. The highest BCUT2D eigenvalue weighted by Gasteiger charge is 2.34. The standard InChI is InChI=1S/C19H13NO5/c1-8-15(9(2)25-20-8)10-6-12-17(14(22)7-10)19(24)16-11(18(12)23)4-3-5-13(16)21/h3-7,21-22H,1-2H3. The maximum absolute atomic E-state index is 12.8. The van der Waals surface area contributed by atoms with Gasteiger partial charge in [0.2, 0.25) is 5.78 Å². The number of nitrogens with zero attached hydrogens (tertiary/aromatic N) is 1. The van der Waals surface area contributed by atoms with Crippen molar-refractivity contribution < 1.29 is 24.3 Å². The van der Waals surface area contributed by atoms with Crippen molar-refractivity contribution in [3.05, 3.63) is 64.0 Å². The summed E-state index contributed by atoms with van der Waals surface area (Å²) in [4.78, 5) is 25.6. The largest absolute Gasteiger partial charge is 0.507 e. The zero-order valence-electron chi connectivity index (χ0n) is 13.5. The van der Waals surface area contributed by atoms with Crippen LogP contribution < -0.4 is 0 Å². The summed E-state index contributed by atoms with van der Waals surface area (Å²) in [5, 5.41) is 24.3. The van der Waals surface area contributed by atoms with Gasteiger partial charge < -0.3 is 14.7 Å². The Hall–Kier alpha value is -3.41. The highest BCUT2D eigenvalue weighted by atomic mass is 16.5. The molecule has 0 fully saturated rings. The summed E-state index contributed by atoms with van der Waals surface area (Å²) < 4.78 is 5.14. The van der Waals surface area contributed by atoms with E-state index in [0.29, 0.717) is 22.6 Å². The molecule has 1 aliphatic rings. The number of aryl methyl sites for hydroxylation is 2. The highest BCUT2D eigenvalue weighted by Crippen LogP contribution is 2.40. The number of carbonyl (C=O) groups excluding carboxylic acids is 2. The summed E-state index contributed by atoms with van der Waals surface area (Å²) in [6.45, 7) is 3.48. The van der Waals surface area contributed by atoms with Crippen LogP contribution in [0.2, 0.25) is 0 Å². The summed E-state index contributed by atoms with van der Waals surface area (Å²) in [5.41, 5.74) is 1.85. The first-order valence-electron chi connectivity index (χ1n) is 7.61. The van der Waals surface area contributed by atoms with E-state index in [9.17, 15) is 19.8 Å². The van der Waals surface area contributed by atoms with Gasteiger partial charge in [-0.3, -0.25) is 9.59 Å². The first kappa shape index (κ1) is 15.1. The van der Waals surface area contributed by atoms with Gasteiger partial charge in [0.25, 0.3) is 0 Å². The van der Waals surface area contributed by atoms with Crippen molar-refractivity contribution in [1.82, 2.24) is 5.16 Å². The topological polar surface area (TPSA) is 101 Å².